The van der Waals surface area contributed by atoms with Crippen LogP contribution in [0.25, 0.3) is 0 Å². The summed E-state index contributed by atoms with van der Waals surface area (Å²) in [5.41, 5.74) is 7.29. The molecule has 2 unspecified atom stereocenters. The van der Waals surface area contributed by atoms with Crippen molar-refractivity contribution in [2.75, 3.05) is 7.05 Å². The van der Waals surface area contributed by atoms with E-state index in [0.29, 0.717) is 6.54 Å². The van der Waals surface area contributed by atoms with E-state index in [0.717, 1.165) is 43.5 Å². The van der Waals surface area contributed by atoms with Gasteiger partial charge in [0, 0.05) is 17.5 Å². The normalized spacial score (nSPS) is 25.9. The smallest absolute Gasteiger partial charge is 0.227 e. The topological polar surface area (TPSA) is 59.2 Å². The quantitative estimate of drug-likeness (QED) is 0.850. The first-order valence-corrected chi connectivity index (χ1v) is 9.30. The molecular weight excluding hydrogens is 365 g/mol. The fraction of sp³-hybridized carbons (Fsp3) is 0.765. The molecule has 2 atom stereocenters. The molecule has 1 fully saturated rings. The van der Waals surface area contributed by atoms with Crippen LogP contribution >= 0.6 is 36.2 Å². The highest BCUT2D eigenvalue weighted by Gasteiger charge is 2.39. The monoisotopic (exact) mass is 393 g/mol. The molecule has 24 heavy (non-hydrogen) atoms. The fourth-order valence-corrected chi connectivity index (χ4v) is 4.99. The van der Waals surface area contributed by atoms with Gasteiger partial charge in [0.05, 0.1) is 18.2 Å². The highest BCUT2D eigenvalue weighted by molar-refractivity contribution is 7.11. The maximum atomic E-state index is 12.8. The van der Waals surface area contributed by atoms with Gasteiger partial charge in [-0.05, 0) is 45.4 Å². The van der Waals surface area contributed by atoms with Crippen molar-refractivity contribution in [3.8, 4) is 0 Å². The zero-order chi connectivity index (χ0) is 15.7. The van der Waals surface area contributed by atoms with Crippen LogP contribution in [-0.4, -0.2) is 28.4 Å². The molecule has 138 valence electrons. The average molecular weight is 394 g/mol. The van der Waals surface area contributed by atoms with Gasteiger partial charge in [-0.15, -0.1) is 36.2 Å². The number of aryl methyl sites for hydroxylation is 2. The first kappa shape index (κ1) is 21.7. The predicted octanol–water partition coefficient (Wildman–Crippen LogP) is 3.73. The van der Waals surface area contributed by atoms with Crippen LogP contribution in [0.15, 0.2) is 0 Å². The summed E-state index contributed by atoms with van der Waals surface area (Å²) >= 11 is 1.79. The lowest BCUT2D eigenvalue weighted by atomic mass is 9.74. The first-order chi connectivity index (χ1) is 10.5. The number of nitrogens with zero attached hydrogens (tertiary/aromatic N) is 2. The molecule has 4 nitrogen and oxygen atoms in total. The summed E-state index contributed by atoms with van der Waals surface area (Å²) in [7, 11) is 1.90. The van der Waals surface area contributed by atoms with E-state index in [4.69, 9.17) is 10.7 Å². The third kappa shape index (κ3) is 4.63. The Balaban J connectivity index is 0.00000144. The molecule has 0 saturated heterocycles. The molecule has 0 aliphatic heterocycles. The van der Waals surface area contributed by atoms with Gasteiger partial charge >= 0.3 is 0 Å². The van der Waals surface area contributed by atoms with Crippen molar-refractivity contribution in [3.05, 3.63) is 15.6 Å². The number of thiazole rings is 1. The van der Waals surface area contributed by atoms with E-state index in [1.165, 1.54) is 23.4 Å². The number of aromatic nitrogens is 1. The van der Waals surface area contributed by atoms with Gasteiger partial charge in [0.15, 0.2) is 0 Å². The van der Waals surface area contributed by atoms with Crippen LogP contribution in [0.4, 0.5) is 0 Å². The van der Waals surface area contributed by atoms with Crippen LogP contribution in [-0.2, 0) is 24.2 Å². The standard InChI is InChI=1S/C17H27N3OS.2ClH/c1-17(18)10-6-5-7-12(17)16(21)20(2)11-15-19-13-8-3-4-9-14(13)22-15;;/h12H,3-11,18H2,1-2H3;2*1H. The predicted molar refractivity (Wildman–Crippen MR) is 104 cm³/mol. The summed E-state index contributed by atoms with van der Waals surface area (Å²) in [6.07, 6.45) is 8.91. The lowest BCUT2D eigenvalue weighted by Gasteiger charge is -2.39. The van der Waals surface area contributed by atoms with Gasteiger partial charge in [-0.2, -0.15) is 0 Å². The number of carbonyl (C=O) groups excluding carboxylic acids is 1. The Morgan fingerprint density at radius 2 is 2.00 bits per heavy atom. The van der Waals surface area contributed by atoms with Crippen LogP contribution in [0.3, 0.4) is 0 Å². The molecule has 0 aromatic carbocycles. The number of halogens is 2. The second-order valence-corrected chi connectivity index (χ2v) is 8.35. The molecule has 0 bridgehead atoms. The van der Waals surface area contributed by atoms with E-state index < -0.39 is 0 Å². The largest absolute Gasteiger partial charge is 0.339 e. The number of carbonyl (C=O) groups is 1. The van der Waals surface area contributed by atoms with Crippen LogP contribution in [0.5, 0.6) is 0 Å². The Morgan fingerprint density at radius 3 is 2.67 bits per heavy atom. The van der Waals surface area contributed by atoms with Gasteiger partial charge in [-0.25, -0.2) is 4.98 Å². The number of hydrogen-bond donors (Lipinski definition) is 1. The molecule has 3 rings (SSSR count). The van der Waals surface area contributed by atoms with Gasteiger partial charge in [0.2, 0.25) is 5.91 Å². The third-order valence-corrected chi connectivity index (χ3v) is 6.33. The lowest BCUT2D eigenvalue weighted by molar-refractivity contribution is -0.138. The highest BCUT2D eigenvalue weighted by Crippen LogP contribution is 2.33. The van der Waals surface area contributed by atoms with Gasteiger partial charge < -0.3 is 10.6 Å². The lowest BCUT2D eigenvalue weighted by Crippen LogP contribution is -2.53. The molecule has 1 saturated carbocycles. The molecule has 1 heterocycles. The summed E-state index contributed by atoms with van der Waals surface area (Å²) in [5.74, 6) is 0.152. The van der Waals surface area contributed by atoms with Crippen molar-refractivity contribution in [3.63, 3.8) is 0 Å². The molecule has 2 aliphatic carbocycles. The Hall–Kier alpha value is -0.360. The van der Waals surface area contributed by atoms with E-state index >= 15 is 0 Å². The van der Waals surface area contributed by atoms with Crippen molar-refractivity contribution in [1.29, 1.82) is 0 Å². The number of fused-ring (bicyclic) bond motifs is 1. The van der Waals surface area contributed by atoms with E-state index in [1.807, 2.05) is 18.9 Å². The average Bonchev–Trinajstić information content (AvgIpc) is 2.88. The molecule has 1 aromatic rings. The summed E-state index contributed by atoms with van der Waals surface area (Å²) in [6, 6.07) is 0. The summed E-state index contributed by atoms with van der Waals surface area (Å²) in [4.78, 5) is 20.8. The van der Waals surface area contributed by atoms with Crippen molar-refractivity contribution in [2.45, 2.75) is 70.4 Å². The van der Waals surface area contributed by atoms with Crippen molar-refractivity contribution < 1.29 is 4.79 Å². The Bertz CT molecular complexity index is 539. The minimum Gasteiger partial charge on any atom is -0.339 e. The SMILES string of the molecule is CN(Cc1nc2c(s1)CCCC2)C(=O)C1CCCCC1(C)N.Cl.Cl. The van der Waals surface area contributed by atoms with Crippen LogP contribution < -0.4 is 5.73 Å². The fourth-order valence-electron chi connectivity index (χ4n) is 3.78. The Labute approximate surface area is 161 Å². The zero-order valence-corrected chi connectivity index (χ0v) is 17.0. The Kier molecular flexibility index (Phi) is 7.98. The van der Waals surface area contributed by atoms with Crippen molar-refractivity contribution in [1.82, 2.24) is 9.88 Å². The van der Waals surface area contributed by atoms with Gasteiger partial charge in [-0.3, -0.25) is 4.79 Å². The highest BCUT2D eigenvalue weighted by atomic mass is 35.5. The van der Waals surface area contributed by atoms with E-state index in [2.05, 4.69) is 0 Å². The summed E-state index contributed by atoms with van der Waals surface area (Å²) < 4.78 is 0. The third-order valence-electron chi connectivity index (χ3n) is 5.19. The van der Waals surface area contributed by atoms with Crippen molar-refractivity contribution >= 4 is 42.1 Å². The molecule has 1 aromatic heterocycles. The molecule has 7 heteroatoms. The molecule has 0 spiro atoms. The minimum atomic E-state index is -0.355. The molecular formula is C17H29Cl2N3OS. The van der Waals surface area contributed by atoms with Crippen LogP contribution in [0, 0.1) is 5.92 Å². The maximum absolute atomic E-state index is 12.8. The minimum absolute atomic E-state index is 0. The van der Waals surface area contributed by atoms with E-state index in [-0.39, 0.29) is 42.2 Å². The number of amides is 1. The second-order valence-electron chi connectivity index (χ2n) is 7.18. The van der Waals surface area contributed by atoms with Crippen molar-refractivity contribution in [2.24, 2.45) is 11.7 Å². The zero-order valence-electron chi connectivity index (χ0n) is 14.5. The van der Waals surface area contributed by atoms with Gasteiger partial charge in [-0.1, -0.05) is 12.8 Å². The van der Waals surface area contributed by atoms with E-state index in [9.17, 15) is 4.79 Å². The van der Waals surface area contributed by atoms with Gasteiger partial charge in [0.25, 0.3) is 0 Å². The van der Waals surface area contributed by atoms with Gasteiger partial charge in [0.1, 0.15) is 5.01 Å². The number of hydrogen-bond acceptors (Lipinski definition) is 4. The maximum Gasteiger partial charge on any atom is 0.227 e. The number of nitrogens with two attached hydrogens (primary N) is 1. The molecule has 0 radical (unpaired) electrons. The van der Waals surface area contributed by atoms with Crippen LogP contribution in [0.1, 0.15) is 61.0 Å². The molecule has 2 N–H and O–H groups in total. The Morgan fingerprint density at radius 1 is 1.29 bits per heavy atom. The summed E-state index contributed by atoms with van der Waals surface area (Å²) in [5, 5.41) is 1.08. The van der Waals surface area contributed by atoms with E-state index in [1.54, 1.807) is 11.3 Å². The second kappa shape index (κ2) is 8.84. The molecule has 2 aliphatic rings. The van der Waals surface area contributed by atoms with Crippen LogP contribution in [0.2, 0.25) is 0 Å². The number of rotatable bonds is 3. The summed E-state index contributed by atoms with van der Waals surface area (Å²) in [6.45, 7) is 2.66. The molecule has 1 amide bonds. The first-order valence-electron chi connectivity index (χ1n) is 8.49.